The topological polar surface area (TPSA) is 57.8 Å². The molecule has 0 aromatic carbocycles. The Labute approximate surface area is 101 Å². The van der Waals surface area contributed by atoms with Gasteiger partial charge in [0.25, 0.3) is 5.91 Å². The number of aromatic amines is 1. The molecule has 0 aliphatic carbocycles. The molecule has 0 aliphatic rings. The zero-order valence-corrected chi connectivity index (χ0v) is 10.9. The minimum absolute atomic E-state index is 0.0205. The van der Waals surface area contributed by atoms with E-state index in [1.165, 1.54) is 0 Å². The van der Waals surface area contributed by atoms with Crippen molar-refractivity contribution in [2.75, 3.05) is 18.6 Å². The zero-order valence-electron chi connectivity index (χ0n) is 10.1. The highest BCUT2D eigenvalue weighted by Crippen LogP contribution is 2.08. The summed E-state index contributed by atoms with van der Waals surface area (Å²) in [7, 11) is 0. The lowest BCUT2D eigenvalue weighted by Crippen LogP contribution is -2.25. The Morgan fingerprint density at radius 2 is 2.19 bits per heavy atom. The van der Waals surface area contributed by atoms with E-state index in [4.69, 9.17) is 0 Å². The molecule has 0 fully saturated rings. The van der Waals surface area contributed by atoms with Gasteiger partial charge >= 0.3 is 0 Å². The van der Waals surface area contributed by atoms with Crippen LogP contribution in [-0.4, -0.2) is 34.7 Å². The predicted molar refractivity (Wildman–Crippen MR) is 68.0 cm³/mol. The first kappa shape index (κ1) is 13.1. The fourth-order valence-corrected chi connectivity index (χ4v) is 2.04. The molecule has 0 saturated heterocycles. The summed E-state index contributed by atoms with van der Waals surface area (Å²) in [6.07, 6.45) is 4.27. The van der Waals surface area contributed by atoms with Gasteiger partial charge in [-0.2, -0.15) is 16.9 Å². The SMILES string of the molecule is CSCCCCNC(=O)c1c(C)n[nH]c1C. The van der Waals surface area contributed by atoms with Crippen molar-refractivity contribution in [3.05, 3.63) is 17.0 Å². The van der Waals surface area contributed by atoms with Gasteiger partial charge in [-0.3, -0.25) is 9.89 Å². The standard InChI is InChI=1S/C11H19N3OS/c1-8-10(9(2)14-13-8)11(15)12-6-4-5-7-16-3/h4-7H2,1-3H3,(H,12,15)(H,13,14). The number of aromatic nitrogens is 2. The van der Waals surface area contributed by atoms with Gasteiger partial charge in [0.1, 0.15) is 0 Å². The van der Waals surface area contributed by atoms with Gasteiger partial charge in [-0.15, -0.1) is 0 Å². The quantitative estimate of drug-likeness (QED) is 0.748. The molecule has 5 heteroatoms. The minimum atomic E-state index is -0.0205. The van der Waals surface area contributed by atoms with Gasteiger partial charge in [0.2, 0.25) is 0 Å². The van der Waals surface area contributed by atoms with Crippen molar-refractivity contribution in [2.45, 2.75) is 26.7 Å². The minimum Gasteiger partial charge on any atom is -0.352 e. The largest absolute Gasteiger partial charge is 0.352 e. The second kappa shape index (κ2) is 6.58. The van der Waals surface area contributed by atoms with Crippen LogP contribution < -0.4 is 5.32 Å². The van der Waals surface area contributed by atoms with Crippen molar-refractivity contribution in [3.63, 3.8) is 0 Å². The number of nitrogens with zero attached hydrogens (tertiary/aromatic N) is 1. The van der Waals surface area contributed by atoms with Crippen LogP contribution in [0.25, 0.3) is 0 Å². The number of amides is 1. The average Bonchev–Trinajstić information content (AvgIpc) is 2.58. The van der Waals surface area contributed by atoms with Gasteiger partial charge in [-0.1, -0.05) is 0 Å². The molecule has 1 rings (SSSR count). The molecule has 0 aliphatic heterocycles. The van der Waals surface area contributed by atoms with E-state index < -0.39 is 0 Å². The maximum atomic E-state index is 11.8. The molecule has 1 aromatic rings. The smallest absolute Gasteiger partial charge is 0.255 e. The van der Waals surface area contributed by atoms with Crippen LogP contribution in [0.15, 0.2) is 0 Å². The summed E-state index contributed by atoms with van der Waals surface area (Å²) in [5.74, 6) is 1.13. The predicted octanol–water partition coefficient (Wildman–Crippen LogP) is 1.90. The molecular formula is C11H19N3OS. The van der Waals surface area contributed by atoms with Crippen molar-refractivity contribution < 1.29 is 4.79 Å². The number of carbonyl (C=O) groups excluding carboxylic acids is 1. The summed E-state index contributed by atoms with van der Waals surface area (Å²) >= 11 is 1.84. The lowest BCUT2D eigenvalue weighted by atomic mass is 10.2. The molecule has 0 saturated carbocycles. The molecule has 1 amide bonds. The van der Waals surface area contributed by atoms with Gasteiger partial charge in [0, 0.05) is 12.2 Å². The van der Waals surface area contributed by atoms with E-state index in [-0.39, 0.29) is 5.91 Å². The van der Waals surface area contributed by atoms with Crippen LogP contribution in [0.4, 0.5) is 0 Å². The monoisotopic (exact) mass is 241 g/mol. The fraction of sp³-hybridized carbons (Fsp3) is 0.636. The second-order valence-corrected chi connectivity index (χ2v) is 4.75. The van der Waals surface area contributed by atoms with E-state index in [2.05, 4.69) is 21.8 Å². The number of hydrogen-bond acceptors (Lipinski definition) is 3. The Hall–Kier alpha value is -0.970. The Bertz CT molecular complexity index is 329. The molecule has 0 unspecified atom stereocenters. The molecule has 0 bridgehead atoms. The van der Waals surface area contributed by atoms with Crippen LogP contribution in [0.1, 0.15) is 34.6 Å². The van der Waals surface area contributed by atoms with Gasteiger partial charge in [0.05, 0.1) is 11.3 Å². The third-order valence-corrected chi connectivity index (χ3v) is 3.11. The molecule has 4 nitrogen and oxygen atoms in total. The van der Waals surface area contributed by atoms with Gasteiger partial charge in [-0.05, 0) is 38.7 Å². The number of rotatable bonds is 6. The summed E-state index contributed by atoms with van der Waals surface area (Å²) in [5.41, 5.74) is 2.28. The lowest BCUT2D eigenvalue weighted by Gasteiger charge is -2.04. The van der Waals surface area contributed by atoms with Gasteiger partial charge in [-0.25, -0.2) is 0 Å². The molecule has 1 heterocycles. The Morgan fingerprint density at radius 1 is 1.44 bits per heavy atom. The van der Waals surface area contributed by atoms with Crippen molar-refractivity contribution in [1.29, 1.82) is 0 Å². The first-order chi connectivity index (χ1) is 7.66. The van der Waals surface area contributed by atoms with Crippen LogP contribution in [0.5, 0.6) is 0 Å². The zero-order chi connectivity index (χ0) is 12.0. The highest BCUT2D eigenvalue weighted by Gasteiger charge is 2.13. The summed E-state index contributed by atoms with van der Waals surface area (Å²) in [6.45, 7) is 4.44. The Balaban J connectivity index is 2.36. The van der Waals surface area contributed by atoms with Gasteiger partial charge < -0.3 is 5.32 Å². The first-order valence-electron chi connectivity index (χ1n) is 5.45. The summed E-state index contributed by atoms with van der Waals surface area (Å²) < 4.78 is 0. The third-order valence-electron chi connectivity index (χ3n) is 2.42. The number of carbonyl (C=O) groups is 1. The number of H-pyrrole nitrogens is 1. The van der Waals surface area contributed by atoms with E-state index in [9.17, 15) is 4.79 Å². The first-order valence-corrected chi connectivity index (χ1v) is 6.85. The van der Waals surface area contributed by atoms with Crippen molar-refractivity contribution in [3.8, 4) is 0 Å². The molecular weight excluding hydrogens is 222 g/mol. The van der Waals surface area contributed by atoms with Crippen molar-refractivity contribution in [2.24, 2.45) is 0 Å². The molecule has 0 atom stereocenters. The number of hydrogen-bond donors (Lipinski definition) is 2. The second-order valence-electron chi connectivity index (χ2n) is 3.76. The summed E-state index contributed by atoms with van der Waals surface area (Å²) in [4.78, 5) is 11.8. The van der Waals surface area contributed by atoms with Crippen LogP contribution in [0, 0.1) is 13.8 Å². The number of aryl methyl sites for hydroxylation is 2. The van der Waals surface area contributed by atoms with E-state index >= 15 is 0 Å². The maximum absolute atomic E-state index is 11.8. The van der Waals surface area contributed by atoms with Crippen molar-refractivity contribution >= 4 is 17.7 Å². The molecule has 0 radical (unpaired) electrons. The van der Waals surface area contributed by atoms with E-state index in [1.54, 1.807) is 0 Å². The molecule has 90 valence electrons. The number of nitrogens with one attached hydrogen (secondary N) is 2. The summed E-state index contributed by atoms with van der Waals surface area (Å²) in [6, 6.07) is 0. The van der Waals surface area contributed by atoms with Crippen LogP contribution >= 0.6 is 11.8 Å². The van der Waals surface area contributed by atoms with Gasteiger partial charge in [0.15, 0.2) is 0 Å². The maximum Gasteiger partial charge on any atom is 0.255 e. The van der Waals surface area contributed by atoms with Crippen molar-refractivity contribution in [1.82, 2.24) is 15.5 Å². The van der Waals surface area contributed by atoms with Crippen LogP contribution in [-0.2, 0) is 0 Å². The van der Waals surface area contributed by atoms with E-state index in [1.807, 2.05) is 25.6 Å². The van der Waals surface area contributed by atoms with E-state index in [0.717, 1.165) is 36.5 Å². The van der Waals surface area contributed by atoms with E-state index in [0.29, 0.717) is 5.56 Å². The third kappa shape index (κ3) is 3.56. The summed E-state index contributed by atoms with van der Waals surface area (Å²) in [5, 5.41) is 9.74. The lowest BCUT2D eigenvalue weighted by molar-refractivity contribution is 0.0952. The van der Waals surface area contributed by atoms with Crippen LogP contribution in [0.2, 0.25) is 0 Å². The molecule has 16 heavy (non-hydrogen) atoms. The Morgan fingerprint density at radius 3 is 2.75 bits per heavy atom. The number of unbranched alkanes of at least 4 members (excludes halogenated alkanes) is 1. The average molecular weight is 241 g/mol. The Kier molecular flexibility index (Phi) is 5.38. The molecule has 1 aromatic heterocycles. The highest BCUT2D eigenvalue weighted by molar-refractivity contribution is 7.98. The molecule has 0 spiro atoms. The molecule has 2 N–H and O–H groups in total. The fourth-order valence-electron chi connectivity index (χ4n) is 1.55. The number of thioether (sulfide) groups is 1. The van der Waals surface area contributed by atoms with Crippen LogP contribution in [0.3, 0.4) is 0 Å². The normalized spacial score (nSPS) is 10.4. The highest BCUT2D eigenvalue weighted by atomic mass is 32.2.